The topological polar surface area (TPSA) is 109 Å². The Labute approximate surface area is 167 Å². The van der Waals surface area contributed by atoms with E-state index in [-0.39, 0.29) is 11.5 Å². The van der Waals surface area contributed by atoms with E-state index in [1.807, 2.05) is 0 Å². The van der Waals surface area contributed by atoms with Crippen molar-refractivity contribution in [2.75, 3.05) is 7.05 Å². The van der Waals surface area contributed by atoms with Crippen LogP contribution < -0.4 is 15.2 Å². The van der Waals surface area contributed by atoms with Crippen molar-refractivity contribution in [2.45, 2.75) is 12.9 Å². The number of nitrogens with two attached hydrogens (primary N) is 1. The number of rotatable bonds is 7. The number of allylic oxidation sites excluding steroid dienone is 1. The second kappa shape index (κ2) is 9.67. The van der Waals surface area contributed by atoms with Gasteiger partial charge in [0.15, 0.2) is 0 Å². The first-order chi connectivity index (χ1) is 14.1. The largest absolute Gasteiger partial charge is 0.423 e. The number of aromatic nitrogens is 2. The molecule has 12 heteroatoms. The zero-order valence-corrected chi connectivity index (χ0v) is 15.7. The summed E-state index contributed by atoms with van der Waals surface area (Å²) < 4.78 is 62.4. The van der Waals surface area contributed by atoms with Gasteiger partial charge >= 0.3 is 11.9 Å². The van der Waals surface area contributed by atoms with Gasteiger partial charge in [-0.2, -0.15) is 5.10 Å². The minimum absolute atomic E-state index is 0.0400. The Balaban J connectivity index is 2.13. The molecule has 1 aromatic heterocycles. The lowest BCUT2D eigenvalue weighted by molar-refractivity contribution is -0.129. The Morgan fingerprint density at radius 1 is 1.13 bits per heavy atom. The molecule has 30 heavy (non-hydrogen) atoms. The smallest absolute Gasteiger partial charge is 0.347 e. The number of alkyl halides is 4. The molecule has 0 spiro atoms. The van der Waals surface area contributed by atoms with Gasteiger partial charge in [-0.1, -0.05) is 0 Å². The van der Waals surface area contributed by atoms with Gasteiger partial charge in [0.05, 0.1) is 5.70 Å². The van der Waals surface area contributed by atoms with Crippen LogP contribution in [0.15, 0.2) is 46.7 Å². The lowest BCUT2D eigenvalue weighted by atomic mass is 10.2. The van der Waals surface area contributed by atoms with Crippen molar-refractivity contribution in [2.24, 2.45) is 17.8 Å². The maximum Gasteiger partial charge on any atom is 0.347 e. The Morgan fingerprint density at radius 2 is 1.70 bits per heavy atom. The Hall–Kier alpha value is -3.70. The first kappa shape index (κ1) is 22.6. The summed E-state index contributed by atoms with van der Waals surface area (Å²) in [5.41, 5.74) is 2.46. The fraction of sp³-hybridized carbons (Fsp3) is 0.222. The maximum atomic E-state index is 12.9. The minimum Gasteiger partial charge on any atom is -0.423 e. The monoisotopic (exact) mass is 428 g/mol. The van der Waals surface area contributed by atoms with E-state index in [9.17, 15) is 27.2 Å². The van der Waals surface area contributed by atoms with Gasteiger partial charge in [-0.15, -0.1) is 0 Å². The second-order valence-electron chi connectivity index (χ2n) is 5.71. The fourth-order valence-electron chi connectivity index (χ4n) is 2.22. The minimum atomic E-state index is -3.09. The number of aliphatic imine (C=N–C) groups is 1. The van der Waals surface area contributed by atoms with Gasteiger partial charge in [-0.25, -0.2) is 27.2 Å². The number of esters is 2. The molecule has 0 aliphatic rings. The van der Waals surface area contributed by atoms with Gasteiger partial charge in [0, 0.05) is 26.5 Å². The molecule has 1 heterocycles. The number of aryl methyl sites for hydroxylation is 1. The highest BCUT2D eigenvalue weighted by Gasteiger charge is 2.24. The van der Waals surface area contributed by atoms with Crippen LogP contribution in [-0.4, -0.2) is 41.4 Å². The summed E-state index contributed by atoms with van der Waals surface area (Å²) in [5, 5.41) is 3.51. The van der Waals surface area contributed by atoms with Crippen molar-refractivity contribution < 1.29 is 36.6 Å². The highest BCUT2D eigenvalue weighted by molar-refractivity contribution is 6.10. The van der Waals surface area contributed by atoms with Crippen LogP contribution in [0.25, 0.3) is 0 Å². The number of hydrogen-bond acceptors (Lipinski definition) is 7. The molecule has 0 amide bonds. The van der Waals surface area contributed by atoms with E-state index in [0.29, 0.717) is 0 Å². The summed E-state index contributed by atoms with van der Waals surface area (Å²) in [7, 11) is 2.63. The van der Waals surface area contributed by atoms with Gasteiger partial charge in [0.25, 0.3) is 12.9 Å². The highest BCUT2D eigenvalue weighted by atomic mass is 19.3. The van der Waals surface area contributed by atoms with Crippen LogP contribution in [0.5, 0.6) is 11.5 Å². The van der Waals surface area contributed by atoms with Crippen molar-refractivity contribution in [3.05, 3.63) is 53.0 Å². The number of carbonyl (C=O) groups is 2. The van der Waals surface area contributed by atoms with E-state index in [1.165, 1.54) is 38.4 Å². The van der Waals surface area contributed by atoms with Crippen molar-refractivity contribution in [3.63, 3.8) is 0 Å². The van der Waals surface area contributed by atoms with Crippen LogP contribution in [-0.2, 0) is 11.8 Å². The van der Waals surface area contributed by atoms with Gasteiger partial charge in [-0.3, -0.25) is 9.67 Å². The van der Waals surface area contributed by atoms with Crippen molar-refractivity contribution in [1.82, 2.24) is 9.78 Å². The molecule has 0 radical (unpaired) electrons. The number of ether oxygens (including phenoxy) is 2. The molecule has 0 unspecified atom stereocenters. The first-order valence-corrected chi connectivity index (χ1v) is 8.20. The molecule has 0 aliphatic carbocycles. The number of nitrogens with zero attached hydrogens (tertiary/aromatic N) is 3. The van der Waals surface area contributed by atoms with Crippen LogP contribution in [0.4, 0.5) is 17.6 Å². The molecule has 0 atom stereocenters. The van der Waals surface area contributed by atoms with Crippen LogP contribution in [0, 0.1) is 0 Å². The molecule has 2 aromatic rings. The third-order valence-electron chi connectivity index (χ3n) is 3.55. The van der Waals surface area contributed by atoms with Gasteiger partial charge in [0.2, 0.25) is 0 Å². The number of hydrogen-bond donors (Lipinski definition) is 1. The molecular weight excluding hydrogens is 412 g/mol. The maximum absolute atomic E-state index is 12.9. The molecular formula is C18H16F4N4O4. The average Bonchev–Trinajstić information content (AvgIpc) is 3.09. The van der Waals surface area contributed by atoms with Gasteiger partial charge in [0.1, 0.15) is 28.3 Å². The molecule has 160 valence electrons. The summed E-state index contributed by atoms with van der Waals surface area (Å²) in [5.74, 6) is -2.34. The first-order valence-electron chi connectivity index (χ1n) is 8.20. The van der Waals surface area contributed by atoms with Crippen molar-refractivity contribution in [1.29, 1.82) is 0 Å². The zero-order chi connectivity index (χ0) is 22.4. The predicted molar refractivity (Wildman–Crippen MR) is 96.8 cm³/mol. The third kappa shape index (κ3) is 5.43. The quantitative estimate of drug-likeness (QED) is 0.239. The molecule has 2 N–H and O–H groups in total. The van der Waals surface area contributed by atoms with Crippen LogP contribution in [0.1, 0.15) is 22.5 Å². The van der Waals surface area contributed by atoms with E-state index in [4.69, 9.17) is 15.2 Å². The molecule has 0 saturated carbocycles. The number of carbonyl (C=O) groups excluding carboxylic acids is 2. The molecule has 1 aromatic carbocycles. The van der Waals surface area contributed by atoms with Crippen molar-refractivity contribution in [3.8, 4) is 11.5 Å². The molecule has 0 saturated heterocycles. The van der Waals surface area contributed by atoms with Crippen LogP contribution >= 0.6 is 0 Å². The molecule has 0 bridgehead atoms. The Kier molecular flexibility index (Phi) is 7.28. The van der Waals surface area contributed by atoms with Crippen LogP contribution in [0.3, 0.4) is 0 Å². The summed E-state index contributed by atoms with van der Waals surface area (Å²) in [6.07, 6.45) is -4.12. The van der Waals surface area contributed by atoms with E-state index >= 15 is 0 Å². The SMILES string of the molecule is CN=CC(C(=O)Oc1ccc(OC(=O)c2cn(C)nc2C(F)F)cc1)=C(N)C(F)F. The van der Waals surface area contributed by atoms with Gasteiger partial charge in [-0.05, 0) is 24.3 Å². The number of halogens is 4. The molecule has 8 nitrogen and oxygen atoms in total. The van der Waals surface area contributed by atoms with Crippen molar-refractivity contribution >= 4 is 18.2 Å². The standard InChI is InChI=1S/C18H16F4N4O4/c1-24-7-11(13(23)15(19)20)17(27)29-9-3-5-10(6-4-9)30-18(28)12-8-26(2)25-14(12)16(21)22/h3-8,15-16H,23H2,1-2H3. The molecule has 0 aliphatic heterocycles. The fourth-order valence-corrected chi connectivity index (χ4v) is 2.22. The van der Waals surface area contributed by atoms with E-state index < -0.39 is 47.3 Å². The Bertz CT molecular complexity index is 985. The lowest BCUT2D eigenvalue weighted by Gasteiger charge is -2.09. The van der Waals surface area contributed by atoms with E-state index in [1.54, 1.807) is 0 Å². The molecule has 0 fully saturated rings. The van der Waals surface area contributed by atoms with Gasteiger partial charge < -0.3 is 15.2 Å². The predicted octanol–water partition coefficient (Wildman–Crippen LogP) is 2.66. The molecule has 2 rings (SSSR count). The van der Waals surface area contributed by atoms with E-state index in [2.05, 4.69) is 10.1 Å². The lowest BCUT2D eigenvalue weighted by Crippen LogP contribution is -2.21. The van der Waals surface area contributed by atoms with Crippen LogP contribution in [0.2, 0.25) is 0 Å². The second-order valence-corrected chi connectivity index (χ2v) is 5.71. The highest BCUT2D eigenvalue weighted by Crippen LogP contribution is 2.24. The summed E-state index contributed by atoms with van der Waals surface area (Å²) >= 11 is 0. The zero-order valence-electron chi connectivity index (χ0n) is 15.7. The average molecular weight is 428 g/mol. The summed E-state index contributed by atoms with van der Waals surface area (Å²) in [6, 6.07) is 4.84. The van der Waals surface area contributed by atoms with E-state index in [0.717, 1.165) is 17.1 Å². The Morgan fingerprint density at radius 3 is 2.20 bits per heavy atom. The normalized spacial score (nSPS) is 12.4. The number of benzene rings is 1. The summed E-state index contributed by atoms with van der Waals surface area (Å²) in [4.78, 5) is 27.6. The summed E-state index contributed by atoms with van der Waals surface area (Å²) in [6.45, 7) is 0. The third-order valence-corrected chi connectivity index (χ3v) is 3.55.